The van der Waals surface area contributed by atoms with Crippen molar-refractivity contribution >= 4 is 34.9 Å². The number of nitrogens with zero attached hydrogens (tertiary/aromatic N) is 3. The highest BCUT2D eigenvalue weighted by Crippen LogP contribution is 2.21. The number of hydrogen-bond donors (Lipinski definition) is 1. The van der Waals surface area contributed by atoms with E-state index in [1.165, 1.54) is 6.20 Å². The quantitative estimate of drug-likeness (QED) is 0.863. The Morgan fingerprint density at radius 2 is 2.00 bits per heavy atom. The van der Waals surface area contributed by atoms with Gasteiger partial charge in [-0.25, -0.2) is 9.97 Å². The van der Waals surface area contributed by atoms with Crippen molar-refractivity contribution in [3.63, 3.8) is 0 Å². The molecular formula is C17H18Cl2N4O2. The highest BCUT2D eigenvalue weighted by atomic mass is 35.5. The third-order valence-corrected chi connectivity index (χ3v) is 4.49. The van der Waals surface area contributed by atoms with Gasteiger partial charge in [0, 0.05) is 29.7 Å². The van der Waals surface area contributed by atoms with Crippen molar-refractivity contribution < 1.29 is 9.53 Å². The zero-order valence-corrected chi connectivity index (χ0v) is 15.1. The van der Waals surface area contributed by atoms with Gasteiger partial charge in [0.2, 0.25) is 0 Å². The van der Waals surface area contributed by atoms with Crippen LogP contribution in [0.3, 0.4) is 0 Å². The van der Waals surface area contributed by atoms with Crippen LogP contribution in [0.15, 0.2) is 30.6 Å². The third-order valence-electron chi connectivity index (χ3n) is 3.90. The average Bonchev–Trinajstić information content (AvgIpc) is 2.64. The van der Waals surface area contributed by atoms with Crippen LogP contribution in [0.5, 0.6) is 0 Å². The molecule has 0 atom stereocenters. The summed E-state index contributed by atoms with van der Waals surface area (Å²) in [5, 5.41) is 4.01. The fourth-order valence-electron chi connectivity index (χ4n) is 2.52. The van der Waals surface area contributed by atoms with Crippen LogP contribution >= 0.6 is 23.2 Å². The largest absolute Gasteiger partial charge is 0.378 e. The summed E-state index contributed by atoms with van der Waals surface area (Å²) >= 11 is 12.0. The Morgan fingerprint density at radius 3 is 2.68 bits per heavy atom. The average molecular weight is 381 g/mol. The zero-order valence-electron chi connectivity index (χ0n) is 13.5. The van der Waals surface area contributed by atoms with Crippen molar-refractivity contribution in [2.75, 3.05) is 37.7 Å². The fraction of sp³-hybridized carbons (Fsp3) is 0.353. The summed E-state index contributed by atoms with van der Waals surface area (Å²) in [6.45, 7) is 3.37. The Hall–Kier alpha value is -1.89. The number of aromatic nitrogens is 2. The van der Waals surface area contributed by atoms with E-state index in [4.69, 9.17) is 27.9 Å². The lowest BCUT2D eigenvalue weighted by Gasteiger charge is -2.27. The molecule has 2 aromatic rings. The number of rotatable bonds is 5. The fourth-order valence-corrected chi connectivity index (χ4v) is 3.02. The third kappa shape index (κ3) is 4.81. The number of benzene rings is 1. The molecule has 2 heterocycles. The van der Waals surface area contributed by atoms with Crippen molar-refractivity contribution in [1.82, 2.24) is 15.3 Å². The van der Waals surface area contributed by atoms with Crippen molar-refractivity contribution in [3.05, 3.63) is 51.9 Å². The Morgan fingerprint density at radius 1 is 1.20 bits per heavy atom. The van der Waals surface area contributed by atoms with Crippen molar-refractivity contribution in [3.8, 4) is 0 Å². The van der Waals surface area contributed by atoms with E-state index in [1.807, 2.05) is 6.07 Å². The lowest BCUT2D eigenvalue weighted by Crippen LogP contribution is -2.37. The molecule has 25 heavy (non-hydrogen) atoms. The lowest BCUT2D eigenvalue weighted by atomic mass is 10.1. The van der Waals surface area contributed by atoms with Gasteiger partial charge in [0.05, 0.1) is 25.6 Å². The molecule has 0 saturated carbocycles. The second kappa shape index (κ2) is 8.47. The second-order valence-electron chi connectivity index (χ2n) is 5.60. The maximum absolute atomic E-state index is 12.2. The van der Waals surface area contributed by atoms with Crippen LogP contribution in [0.25, 0.3) is 0 Å². The molecule has 8 heteroatoms. The monoisotopic (exact) mass is 380 g/mol. The SMILES string of the molecule is O=C(NCCc1ccc(Cl)cc1Cl)c1cnc(N2CCOCC2)cn1. The number of anilines is 1. The highest BCUT2D eigenvalue weighted by molar-refractivity contribution is 6.35. The molecule has 1 fully saturated rings. The highest BCUT2D eigenvalue weighted by Gasteiger charge is 2.14. The van der Waals surface area contributed by atoms with Gasteiger partial charge in [-0.2, -0.15) is 0 Å². The molecule has 1 aromatic heterocycles. The first-order chi connectivity index (χ1) is 12.1. The maximum Gasteiger partial charge on any atom is 0.271 e. The zero-order chi connectivity index (χ0) is 17.6. The summed E-state index contributed by atoms with van der Waals surface area (Å²) in [6, 6.07) is 5.32. The molecule has 132 valence electrons. The number of nitrogens with one attached hydrogen (secondary N) is 1. The molecule has 6 nitrogen and oxygen atoms in total. The molecule has 1 amide bonds. The smallest absolute Gasteiger partial charge is 0.271 e. The molecule has 0 bridgehead atoms. The van der Waals surface area contributed by atoms with Gasteiger partial charge in [0.1, 0.15) is 11.5 Å². The molecule has 0 radical (unpaired) electrons. The first-order valence-electron chi connectivity index (χ1n) is 8.00. The van der Waals surface area contributed by atoms with E-state index in [0.717, 1.165) is 24.5 Å². The Kier molecular flexibility index (Phi) is 6.07. The Labute approximate surface area is 156 Å². The van der Waals surface area contributed by atoms with Gasteiger partial charge in [-0.05, 0) is 24.1 Å². The minimum atomic E-state index is -0.258. The van der Waals surface area contributed by atoms with Crippen molar-refractivity contribution in [1.29, 1.82) is 0 Å². The molecule has 1 aliphatic heterocycles. The van der Waals surface area contributed by atoms with Gasteiger partial charge in [0.15, 0.2) is 0 Å². The van der Waals surface area contributed by atoms with Gasteiger partial charge >= 0.3 is 0 Å². The first kappa shape index (κ1) is 17.9. The van der Waals surface area contributed by atoms with E-state index in [1.54, 1.807) is 18.3 Å². The van der Waals surface area contributed by atoms with Crippen LogP contribution in [0.4, 0.5) is 5.82 Å². The maximum atomic E-state index is 12.2. The first-order valence-corrected chi connectivity index (χ1v) is 8.76. The van der Waals surface area contributed by atoms with Gasteiger partial charge in [-0.1, -0.05) is 29.3 Å². The summed E-state index contributed by atoms with van der Waals surface area (Å²) in [5.41, 5.74) is 1.22. The summed E-state index contributed by atoms with van der Waals surface area (Å²) in [7, 11) is 0. The minimum Gasteiger partial charge on any atom is -0.378 e. The summed E-state index contributed by atoms with van der Waals surface area (Å²) in [6.07, 6.45) is 3.73. The van der Waals surface area contributed by atoms with Crippen molar-refractivity contribution in [2.45, 2.75) is 6.42 Å². The number of halogens is 2. The number of amides is 1. The van der Waals surface area contributed by atoms with Crippen molar-refractivity contribution in [2.24, 2.45) is 0 Å². The molecule has 1 N–H and O–H groups in total. The van der Waals surface area contributed by atoms with Crippen LogP contribution in [0.1, 0.15) is 16.1 Å². The molecule has 1 aromatic carbocycles. The normalized spacial score (nSPS) is 14.4. The number of morpholine rings is 1. The van der Waals surface area contributed by atoms with Crippen LogP contribution in [-0.4, -0.2) is 48.7 Å². The second-order valence-corrected chi connectivity index (χ2v) is 6.44. The molecular weight excluding hydrogens is 363 g/mol. The van der Waals surface area contributed by atoms with Gasteiger partial charge in [-0.15, -0.1) is 0 Å². The van der Waals surface area contributed by atoms with Gasteiger partial charge < -0.3 is 15.0 Å². The number of carbonyl (C=O) groups is 1. The van der Waals surface area contributed by atoms with E-state index in [2.05, 4.69) is 20.2 Å². The van der Waals surface area contributed by atoms with E-state index in [-0.39, 0.29) is 5.91 Å². The number of ether oxygens (including phenoxy) is 1. The minimum absolute atomic E-state index is 0.258. The lowest BCUT2D eigenvalue weighted by molar-refractivity contribution is 0.0948. The number of carbonyl (C=O) groups excluding carboxylic acids is 1. The predicted molar refractivity (Wildman–Crippen MR) is 97.6 cm³/mol. The van der Waals surface area contributed by atoms with Crippen LogP contribution in [-0.2, 0) is 11.2 Å². The predicted octanol–water partition coefficient (Wildman–Crippen LogP) is 2.59. The van der Waals surface area contributed by atoms with E-state index in [0.29, 0.717) is 41.9 Å². The summed E-state index contributed by atoms with van der Waals surface area (Å²) in [5.74, 6) is 0.499. The van der Waals surface area contributed by atoms with Gasteiger partial charge in [0.25, 0.3) is 5.91 Å². The van der Waals surface area contributed by atoms with E-state index >= 15 is 0 Å². The molecule has 0 spiro atoms. The summed E-state index contributed by atoms with van der Waals surface area (Å²) in [4.78, 5) is 22.8. The van der Waals surface area contributed by atoms with Crippen LogP contribution < -0.4 is 10.2 Å². The Balaban J connectivity index is 1.52. The molecule has 3 rings (SSSR count). The topological polar surface area (TPSA) is 67.4 Å². The van der Waals surface area contributed by atoms with Crippen LogP contribution in [0, 0.1) is 0 Å². The number of hydrogen-bond acceptors (Lipinski definition) is 5. The standard InChI is InChI=1S/C17H18Cl2N4O2/c18-13-2-1-12(14(19)9-13)3-4-20-17(24)15-10-22-16(11-21-15)23-5-7-25-8-6-23/h1-2,9-11H,3-8H2,(H,20,24). The van der Waals surface area contributed by atoms with E-state index < -0.39 is 0 Å². The Bertz CT molecular complexity index is 734. The van der Waals surface area contributed by atoms with Gasteiger partial charge in [-0.3, -0.25) is 4.79 Å². The summed E-state index contributed by atoms with van der Waals surface area (Å²) < 4.78 is 5.31. The van der Waals surface area contributed by atoms with Crippen LogP contribution in [0.2, 0.25) is 10.0 Å². The van der Waals surface area contributed by atoms with E-state index in [9.17, 15) is 4.79 Å². The molecule has 1 aliphatic rings. The molecule has 0 unspecified atom stereocenters. The molecule has 0 aliphatic carbocycles. The molecule has 1 saturated heterocycles.